The minimum Gasteiger partial charge on any atom is -0.353 e. The van der Waals surface area contributed by atoms with Gasteiger partial charge in [-0.15, -0.1) is 0 Å². The molecule has 1 unspecified atom stereocenters. The SMILES string of the molecule is CC(C)C(CC#N)c1cncc(N2CCONC2)c1. The van der Waals surface area contributed by atoms with Gasteiger partial charge in [0.15, 0.2) is 0 Å². The maximum atomic E-state index is 8.96. The van der Waals surface area contributed by atoms with Crippen LogP contribution in [0, 0.1) is 17.2 Å². The molecule has 1 aliphatic heterocycles. The van der Waals surface area contributed by atoms with Crippen molar-refractivity contribution >= 4 is 5.69 Å². The predicted molar refractivity (Wildman–Crippen MR) is 73.3 cm³/mol. The Morgan fingerprint density at radius 2 is 2.37 bits per heavy atom. The maximum Gasteiger partial charge on any atom is 0.0917 e. The van der Waals surface area contributed by atoms with Gasteiger partial charge in [-0.2, -0.15) is 10.7 Å². The molecule has 0 aliphatic carbocycles. The summed E-state index contributed by atoms with van der Waals surface area (Å²) in [4.78, 5) is 11.6. The summed E-state index contributed by atoms with van der Waals surface area (Å²) in [7, 11) is 0. The van der Waals surface area contributed by atoms with E-state index in [4.69, 9.17) is 10.1 Å². The Kier molecular flexibility index (Phi) is 4.72. The third-order valence-electron chi connectivity index (χ3n) is 3.47. The molecule has 1 aromatic rings. The average molecular weight is 260 g/mol. The number of anilines is 1. The molecule has 0 radical (unpaired) electrons. The first-order valence-electron chi connectivity index (χ1n) is 6.64. The van der Waals surface area contributed by atoms with Crippen LogP contribution < -0.4 is 10.4 Å². The molecule has 0 amide bonds. The van der Waals surface area contributed by atoms with Crippen molar-refractivity contribution in [3.63, 3.8) is 0 Å². The van der Waals surface area contributed by atoms with Gasteiger partial charge in [0.05, 0.1) is 31.2 Å². The van der Waals surface area contributed by atoms with Crippen LogP contribution in [0.3, 0.4) is 0 Å². The summed E-state index contributed by atoms with van der Waals surface area (Å²) in [5.41, 5.74) is 5.10. The van der Waals surface area contributed by atoms with E-state index in [1.54, 1.807) is 0 Å². The normalized spacial score (nSPS) is 17.3. The number of hydroxylamine groups is 1. The molecule has 1 aromatic heterocycles. The standard InChI is InChI=1S/C14H20N4O/c1-11(2)14(3-4-15)12-7-13(9-16-8-12)18-5-6-19-17-10-18/h7-9,11,14,17H,3,5-6,10H2,1-2H3. The van der Waals surface area contributed by atoms with Crippen LogP contribution in [0.5, 0.6) is 0 Å². The zero-order chi connectivity index (χ0) is 13.7. The van der Waals surface area contributed by atoms with Gasteiger partial charge in [0.1, 0.15) is 0 Å². The Labute approximate surface area is 114 Å². The first-order valence-corrected chi connectivity index (χ1v) is 6.64. The van der Waals surface area contributed by atoms with E-state index in [-0.39, 0.29) is 5.92 Å². The first-order chi connectivity index (χ1) is 9.22. The van der Waals surface area contributed by atoms with Crippen LogP contribution >= 0.6 is 0 Å². The summed E-state index contributed by atoms with van der Waals surface area (Å²) in [5, 5.41) is 8.96. The fourth-order valence-corrected chi connectivity index (χ4v) is 2.31. The van der Waals surface area contributed by atoms with E-state index in [0.717, 1.165) is 17.8 Å². The quantitative estimate of drug-likeness (QED) is 0.897. The number of aromatic nitrogens is 1. The number of nitriles is 1. The molecule has 1 fully saturated rings. The molecule has 2 heterocycles. The van der Waals surface area contributed by atoms with Gasteiger partial charge in [0.2, 0.25) is 0 Å². The van der Waals surface area contributed by atoms with Crippen LogP contribution in [-0.2, 0) is 4.84 Å². The van der Waals surface area contributed by atoms with E-state index < -0.39 is 0 Å². The Morgan fingerprint density at radius 3 is 3.00 bits per heavy atom. The molecule has 1 atom stereocenters. The number of hydrogen-bond acceptors (Lipinski definition) is 5. The molecule has 2 rings (SSSR count). The van der Waals surface area contributed by atoms with Gasteiger partial charge in [-0.1, -0.05) is 13.8 Å². The second-order valence-electron chi connectivity index (χ2n) is 5.10. The number of nitrogens with one attached hydrogen (secondary N) is 1. The van der Waals surface area contributed by atoms with E-state index in [2.05, 4.69) is 41.3 Å². The van der Waals surface area contributed by atoms with Crippen molar-refractivity contribution < 1.29 is 4.84 Å². The lowest BCUT2D eigenvalue weighted by molar-refractivity contribution is 0.0236. The topological polar surface area (TPSA) is 61.2 Å². The highest BCUT2D eigenvalue weighted by atomic mass is 16.6. The van der Waals surface area contributed by atoms with Crippen molar-refractivity contribution in [1.82, 2.24) is 10.5 Å². The molecule has 5 nitrogen and oxygen atoms in total. The summed E-state index contributed by atoms with van der Waals surface area (Å²) in [5.74, 6) is 0.672. The van der Waals surface area contributed by atoms with Crippen molar-refractivity contribution in [3.05, 3.63) is 24.0 Å². The van der Waals surface area contributed by atoms with Crippen LogP contribution in [0.2, 0.25) is 0 Å². The number of rotatable bonds is 4. The lowest BCUT2D eigenvalue weighted by Crippen LogP contribution is -2.43. The van der Waals surface area contributed by atoms with E-state index in [9.17, 15) is 0 Å². The third kappa shape index (κ3) is 3.43. The zero-order valence-corrected chi connectivity index (χ0v) is 11.5. The molecule has 0 aromatic carbocycles. The molecule has 102 valence electrons. The lowest BCUT2D eigenvalue weighted by Gasteiger charge is -2.29. The van der Waals surface area contributed by atoms with Gasteiger partial charge in [-0.25, -0.2) is 0 Å². The van der Waals surface area contributed by atoms with Crippen molar-refractivity contribution in [3.8, 4) is 6.07 Å². The zero-order valence-electron chi connectivity index (χ0n) is 11.5. The van der Waals surface area contributed by atoms with Crippen molar-refractivity contribution in [2.45, 2.75) is 26.2 Å². The fourth-order valence-electron chi connectivity index (χ4n) is 2.31. The molecule has 0 spiro atoms. The van der Waals surface area contributed by atoms with Gasteiger partial charge in [0.25, 0.3) is 0 Å². The van der Waals surface area contributed by atoms with E-state index in [1.807, 2.05) is 12.4 Å². The lowest BCUT2D eigenvalue weighted by atomic mass is 9.87. The second-order valence-corrected chi connectivity index (χ2v) is 5.10. The maximum absolute atomic E-state index is 8.96. The highest BCUT2D eigenvalue weighted by Crippen LogP contribution is 2.29. The van der Waals surface area contributed by atoms with Gasteiger partial charge in [0, 0.05) is 25.1 Å². The van der Waals surface area contributed by atoms with Gasteiger partial charge in [-0.05, 0) is 17.5 Å². The van der Waals surface area contributed by atoms with Gasteiger partial charge in [-0.3, -0.25) is 9.82 Å². The number of pyridine rings is 1. The van der Waals surface area contributed by atoms with Crippen molar-refractivity contribution in [2.75, 3.05) is 24.7 Å². The summed E-state index contributed by atoms with van der Waals surface area (Å²) < 4.78 is 0. The number of nitrogens with zero attached hydrogens (tertiary/aromatic N) is 3. The summed E-state index contributed by atoms with van der Waals surface area (Å²) >= 11 is 0. The second kappa shape index (κ2) is 6.50. The Morgan fingerprint density at radius 1 is 1.53 bits per heavy atom. The Bertz CT molecular complexity index is 449. The van der Waals surface area contributed by atoms with Crippen LogP contribution in [-0.4, -0.2) is 24.8 Å². The van der Waals surface area contributed by atoms with E-state index >= 15 is 0 Å². The largest absolute Gasteiger partial charge is 0.353 e. The van der Waals surface area contributed by atoms with Crippen LogP contribution in [0.15, 0.2) is 18.5 Å². The van der Waals surface area contributed by atoms with Crippen LogP contribution in [0.25, 0.3) is 0 Å². The Balaban J connectivity index is 2.20. The van der Waals surface area contributed by atoms with Crippen molar-refractivity contribution in [1.29, 1.82) is 5.26 Å². The molecule has 0 saturated carbocycles. The number of hydrogen-bond donors (Lipinski definition) is 1. The minimum absolute atomic E-state index is 0.242. The molecule has 1 N–H and O–H groups in total. The van der Waals surface area contributed by atoms with Crippen molar-refractivity contribution in [2.24, 2.45) is 5.92 Å². The molecular weight excluding hydrogens is 240 g/mol. The van der Waals surface area contributed by atoms with Gasteiger partial charge < -0.3 is 4.90 Å². The summed E-state index contributed by atoms with van der Waals surface area (Å²) in [6.07, 6.45) is 4.27. The molecule has 19 heavy (non-hydrogen) atoms. The van der Waals surface area contributed by atoms with Crippen LogP contribution in [0.1, 0.15) is 31.7 Å². The first kappa shape index (κ1) is 13.8. The van der Waals surface area contributed by atoms with Crippen LogP contribution in [0.4, 0.5) is 5.69 Å². The summed E-state index contributed by atoms with van der Waals surface area (Å²) in [6, 6.07) is 4.41. The Hall–Kier alpha value is -1.64. The summed E-state index contributed by atoms with van der Waals surface area (Å²) in [6.45, 7) is 6.46. The smallest absolute Gasteiger partial charge is 0.0917 e. The predicted octanol–water partition coefficient (Wildman–Crippen LogP) is 2.03. The monoisotopic (exact) mass is 260 g/mol. The van der Waals surface area contributed by atoms with E-state index in [1.165, 1.54) is 0 Å². The van der Waals surface area contributed by atoms with Gasteiger partial charge >= 0.3 is 0 Å². The third-order valence-corrected chi connectivity index (χ3v) is 3.47. The highest BCUT2D eigenvalue weighted by Gasteiger charge is 2.18. The molecular formula is C14H20N4O. The highest BCUT2D eigenvalue weighted by molar-refractivity contribution is 5.47. The average Bonchev–Trinajstić information content (AvgIpc) is 2.45. The minimum atomic E-state index is 0.242. The van der Waals surface area contributed by atoms with E-state index in [0.29, 0.717) is 25.6 Å². The molecule has 5 heteroatoms. The molecule has 1 saturated heterocycles. The molecule has 1 aliphatic rings. The fraction of sp³-hybridized carbons (Fsp3) is 0.571. The molecule has 0 bridgehead atoms.